The number of likely N-dealkylation sites (tertiary alicyclic amines) is 1. The van der Waals surface area contributed by atoms with E-state index < -0.39 is 6.09 Å². The zero-order valence-corrected chi connectivity index (χ0v) is 18.5. The number of carbonyl (C=O) groups is 1. The minimum Gasteiger partial charge on any atom is -0.477 e. The van der Waals surface area contributed by atoms with E-state index in [9.17, 15) is 9.90 Å². The zero-order valence-electron chi connectivity index (χ0n) is 18.5. The second kappa shape index (κ2) is 9.82. The smallest absolute Gasteiger partial charge is 0.412 e. The molecule has 0 saturated carbocycles. The van der Waals surface area contributed by atoms with Crippen LogP contribution in [0.4, 0.5) is 16.3 Å². The molecule has 0 spiro atoms. The molecule has 1 saturated heterocycles. The van der Waals surface area contributed by atoms with Crippen LogP contribution in [0.25, 0.3) is 10.8 Å². The van der Waals surface area contributed by atoms with E-state index in [1.807, 2.05) is 36.4 Å². The molecule has 32 heavy (non-hydrogen) atoms. The molecule has 8 nitrogen and oxygen atoms in total. The van der Waals surface area contributed by atoms with Gasteiger partial charge in [0.1, 0.15) is 5.82 Å². The first-order valence-electron chi connectivity index (χ1n) is 10.8. The molecule has 0 radical (unpaired) electrons. The van der Waals surface area contributed by atoms with Gasteiger partial charge in [0.25, 0.3) is 0 Å². The summed E-state index contributed by atoms with van der Waals surface area (Å²) < 4.78 is 5.97. The summed E-state index contributed by atoms with van der Waals surface area (Å²) in [5.41, 5.74) is 2.03. The number of rotatable bonds is 7. The number of nitrogens with zero attached hydrogens (tertiary/aromatic N) is 4. The number of piperidine rings is 1. The fourth-order valence-electron chi connectivity index (χ4n) is 3.91. The monoisotopic (exact) mass is 435 g/mol. The van der Waals surface area contributed by atoms with Gasteiger partial charge in [-0.05, 0) is 80.2 Å². The van der Waals surface area contributed by atoms with Gasteiger partial charge in [0.05, 0.1) is 6.61 Å². The summed E-state index contributed by atoms with van der Waals surface area (Å²) in [5, 5.41) is 14.4. The number of nitrogens with one attached hydrogen (secondary N) is 1. The topological polar surface area (TPSA) is 90.8 Å². The first-order chi connectivity index (χ1) is 15.5. The molecule has 2 aromatic heterocycles. The fourth-order valence-corrected chi connectivity index (χ4v) is 3.91. The summed E-state index contributed by atoms with van der Waals surface area (Å²) in [5.74, 6) is 1.67. The van der Waals surface area contributed by atoms with Crippen molar-refractivity contribution >= 4 is 28.4 Å². The summed E-state index contributed by atoms with van der Waals surface area (Å²) in [6.45, 7) is 3.60. The molecule has 2 N–H and O–H groups in total. The number of amides is 1. The lowest BCUT2D eigenvalue weighted by Gasteiger charge is -2.28. The maximum absolute atomic E-state index is 11.3. The lowest BCUT2D eigenvalue weighted by molar-refractivity contribution is 0.157. The van der Waals surface area contributed by atoms with Crippen molar-refractivity contribution in [1.82, 2.24) is 14.9 Å². The normalized spacial score (nSPS) is 14.9. The van der Waals surface area contributed by atoms with Crippen molar-refractivity contribution in [3.05, 3.63) is 54.4 Å². The fraction of sp³-hybridized carbons (Fsp3) is 0.375. The van der Waals surface area contributed by atoms with Gasteiger partial charge in [-0.3, -0.25) is 4.90 Å². The van der Waals surface area contributed by atoms with E-state index in [1.165, 1.54) is 19.9 Å². The van der Waals surface area contributed by atoms with Crippen LogP contribution in [0.3, 0.4) is 0 Å². The van der Waals surface area contributed by atoms with Crippen LogP contribution in [0.1, 0.15) is 18.4 Å². The van der Waals surface area contributed by atoms with Crippen LogP contribution in [0, 0.1) is 5.92 Å². The Balaban J connectivity index is 1.38. The van der Waals surface area contributed by atoms with Crippen molar-refractivity contribution < 1.29 is 14.6 Å². The number of carboxylic acid groups (broad SMARTS) is 1. The van der Waals surface area contributed by atoms with Crippen LogP contribution in [0.5, 0.6) is 5.88 Å². The molecular formula is C24H29N5O3. The van der Waals surface area contributed by atoms with Crippen LogP contribution in [0.15, 0.2) is 48.8 Å². The highest BCUT2D eigenvalue weighted by Crippen LogP contribution is 2.27. The van der Waals surface area contributed by atoms with Crippen LogP contribution in [-0.2, 0) is 6.54 Å². The molecule has 1 fully saturated rings. The highest BCUT2D eigenvalue weighted by molar-refractivity contribution is 5.99. The maximum atomic E-state index is 11.3. The molecule has 3 aromatic rings. The Morgan fingerprint density at radius 1 is 1.19 bits per heavy atom. The second-order valence-electron chi connectivity index (χ2n) is 8.33. The van der Waals surface area contributed by atoms with Gasteiger partial charge in [0.2, 0.25) is 5.88 Å². The average molecular weight is 436 g/mol. The van der Waals surface area contributed by atoms with Crippen molar-refractivity contribution in [2.45, 2.75) is 19.4 Å². The van der Waals surface area contributed by atoms with Gasteiger partial charge in [-0.25, -0.2) is 14.8 Å². The number of anilines is 2. The largest absolute Gasteiger partial charge is 0.477 e. The zero-order chi connectivity index (χ0) is 22.5. The van der Waals surface area contributed by atoms with Crippen molar-refractivity contribution in [2.75, 3.05) is 44.0 Å². The van der Waals surface area contributed by atoms with E-state index in [1.54, 1.807) is 12.4 Å². The SMILES string of the molecule is CN1CCC(COc2cc(CNc3ccc4c(N(C)C(=O)O)nccc4c3)ccn2)CC1. The van der Waals surface area contributed by atoms with Gasteiger partial charge in [-0.2, -0.15) is 0 Å². The summed E-state index contributed by atoms with van der Waals surface area (Å²) in [6, 6.07) is 11.6. The molecule has 1 aliphatic heterocycles. The third-order valence-electron chi connectivity index (χ3n) is 5.95. The van der Waals surface area contributed by atoms with Gasteiger partial charge in [-0.15, -0.1) is 0 Å². The number of pyridine rings is 2. The molecule has 0 atom stereocenters. The number of benzene rings is 1. The molecule has 8 heteroatoms. The molecule has 168 valence electrons. The van der Waals surface area contributed by atoms with E-state index in [2.05, 4.69) is 27.2 Å². The van der Waals surface area contributed by atoms with Crippen LogP contribution in [-0.4, -0.2) is 59.9 Å². The van der Waals surface area contributed by atoms with Crippen LogP contribution in [0.2, 0.25) is 0 Å². The average Bonchev–Trinajstić information content (AvgIpc) is 2.81. The Labute approximate surface area is 187 Å². The van der Waals surface area contributed by atoms with Crippen LogP contribution < -0.4 is 15.0 Å². The van der Waals surface area contributed by atoms with Gasteiger partial charge in [0, 0.05) is 43.1 Å². The highest BCUT2D eigenvalue weighted by atomic mass is 16.5. The molecule has 0 unspecified atom stereocenters. The summed E-state index contributed by atoms with van der Waals surface area (Å²) >= 11 is 0. The maximum Gasteiger partial charge on any atom is 0.412 e. The van der Waals surface area contributed by atoms with Crippen molar-refractivity contribution in [2.24, 2.45) is 5.92 Å². The summed E-state index contributed by atoms with van der Waals surface area (Å²) in [6.07, 6.45) is 4.69. The minimum absolute atomic E-state index is 0.419. The predicted octanol–water partition coefficient (Wildman–Crippen LogP) is 4.08. The minimum atomic E-state index is -1.04. The number of ether oxygens (including phenoxy) is 1. The van der Waals surface area contributed by atoms with Gasteiger partial charge >= 0.3 is 6.09 Å². The molecule has 3 heterocycles. The van der Waals surface area contributed by atoms with E-state index in [0.29, 0.717) is 30.8 Å². The molecule has 4 rings (SSSR count). The van der Waals surface area contributed by atoms with Crippen molar-refractivity contribution in [3.8, 4) is 5.88 Å². The summed E-state index contributed by atoms with van der Waals surface area (Å²) in [4.78, 5) is 23.4. The summed E-state index contributed by atoms with van der Waals surface area (Å²) in [7, 11) is 3.65. The van der Waals surface area contributed by atoms with E-state index in [4.69, 9.17) is 4.74 Å². The predicted molar refractivity (Wildman–Crippen MR) is 125 cm³/mol. The molecule has 1 aliphatic rings. The molecule has 0 aliphatic carbocycles. The molecule has 0 bridgehead atoms. The Morgan fingerprint density at radius 2 is 1.97 bits per heavy atom. The Morgan fingerprint density at radius 3 is 2.75 bits per heavy atom. The third-order valence-corrected chi connectivity index (χ3v) is 5.95. The van der Waals surface area contributed by atoms with Crippen molar-refractivity contribution in [3.63, 3.8) is 0 Å². The molecule has 1 aromatic carbocycles. The first-order valence-corrected chi connectivity index (χ1v) is 10.8. The highest BCUT2D eigenvalue weighted by Gasteiger charge is 2.17. The van der Waals surface area contributed by atoms with E-state index in [-0.39, 0.29) is 0 Å². The van der Waals surface area contributed by atoms with E-state index >= 15 is 0 Å². The second-order valence-corrected chi connectivity index (χ2v) is 8.33. The van der Waals surface area contributed by atoms with Gasteiger partial charge < -0.3 is 20.1 Å². The van der Waals surface area contributed by atoms with E-state index in [0.717, 1.165) is 40.0 Å². The Kier molecular flexibility index (Phi) is 6.70. The Hall–Kier alpha value is -3.39. The van der Waals surface area contributed by atoms with Crippen molar-refractivity contribution in [1.29, 1.82) is 0 Å². The first kappa shape index (κ1) is 21.8. The number of hydrogen-bond acceptors (Lipinski definition) is 6. The van der Waals surface area contributed by atoms with Gasteiger partial charge in [0.15, 0.2) is 0 Å². The number of aromatic nitrogens is 2. The van der Waals surface area contributed by atoms with Gasteiger partial charge in [-0.1, -0.05) is 0 Å². The number of hydrogen-bond donors (Lipinski definition) is 2. The molecule has 1 amide bonds. The lowest BCUT2D eigenvalue weighted by atomic mass is 9.98. The molecular weight excluding hydrogens is 406 g/mol. The Bertz CT molecular complexity index is 1080. The van der Waals surface area contributed by atoms with Crippen LogP contribution >= 0.6 is 0 Å². The lowest BCUT2D eigenvalue weighted by Crippen LogP contribution is -2.32. The quantitative estimate of drug-likeness (QED) is 0.578. The third kappa shape index (κ3) is 5.26. The number of fused-ring (bicyclic) bond motifs is 1. The standard InChI is InChI=1S/C24H29N5O3/c1-28-11-7-17(8-12-28)16-32-22-13-18(5-9-25-22)15-27-20-3-4-21-19(14-20)6-10-26-23(21)29(2)24(30)31/h3-6,9-10,13-14,17,27H,7-8,11-12,15-16H2,1-2H3,(H,30,31).